The van der Waals surface area contributed by atoms with E-state index in [1.54, 1.807) is 6.92 Å². The Hall–Kier alpha value is -2.17. The van der Waals surface area contributed by atoms with Crippen LogP contribution in [0.1, 0.15) is 56.2 Å². The zero-order valence-corrected chi connectivity index (χ0v) is 14.7. The molecule has 1 aromatic carbocycles. The van der Waals surface area contributed by atoms with Crippen molar-refractivity contribution in [1.82, 2.24) is 5.43 Å². The molecule has 0 bridgehead atoms. The van der Waals surface area contributed by atoms with Crippen molar-refractivity contribution in [3.05, 3.63) is 28.8 Å². The van der Waals surface area contributed by atoms with E-state index in [9.17, 15) is 9.59 Å². The quantitative estimate of drug-likeness (QED) is 0.595. The van der Waals surface area contributed by atoms with E-state index in [4.69, 9.17) is 0 Å². The Morgan fingerprint density at radius 3 is 2.26 bits per heavy atom. The Labute approximate surface area is 138 Å². The molecule has 0 radical (unpaired) electrons. The molecule has 0 heterocycles. The molecule has 1 rings (SSSR count). The molecule has 126 valence electrons. The van der Waals surface area contributed by atoms with Crippen LogP contribution in [0.2, 0.25) is 0 Å². The minimum absolute atomic E-state index is 0.114. The van der Waals surface area contributed by atoms with Gasteiger partial charge >= 0.3 is 0 Å². The van der Waals surface area contributed by atoms with Gasteiger partial charge in [0, 0.05) is 17.8 Å². The molecule has 0 saturated heterocycles. The number of carbonyl (C=O) groups is 2. The van der Waals surface area contributed by atoms with Crippen molar-refractivity contribution < 1.29 is 9.59 Å². The van der Waals surface area contributed by atoms with Crippen molar-refractivity contribution in [2.75, 3.05) is 5.32 Å². The van der Waals surface area contributed by atoms with Crippen molar-refractivity contribution in [3.8, 4) is 0 Å². The molecule has 0 spiro atoms. The second-order valence-electron chi connectivity index (χ2n) is 5.98. The molecule has 0 aromatic heterocycles. The summed E-state index contributed by atoms with van der Waals surface area (Å²) in [4.78, 5) is 23.6. The van der Waals surface area contributed by atoms with Gasteiger partial charge in [-0.3, -0.25) is 9.59 Å². The summed E-state index contributed by atoms with van der Waals surface area (Å²) in [6.07, 6.45) is 2.42. The maximum Gasteiger partial charge on any atom is 0.240 e. The van der Waals surface area contributed by atoms with E-state index in [1.807, 2.05) is 39.8 Å². The third-order valence-corrected chi connectivity index (χ3v) is 3.49. The molecule has 0 unspecified atom stereocenters. The predicted molar refractivity (Wildman–Crippen MR) is 94.7 cm³/mol. The van der Waals surface area contributed by atoms with Crippen molar-refractivity contribution in [2.24, 2.45) is 5.10 Å². The monoisotopic (exact) mass is 317 g/mol. The molecule has 0 aliphatic heterocycles. The Morgan fingerprint density at radius 2 is 1.70 bits per heavy atom. The highest BCUT2D eigenvalue weighted by Gasteiger charge is 2.09. The summed E-state index contributed by atoms with van der Waals surface area (Å²) in [6.45, 7) is 9.74. The number of anilines is 1. The van der Waals surface area contributed by atoms with Crippen molar-refractivity contribution >= 4 is 23.2 Å². The van der Waals surface area contributed by atoms with Gasteiger partial charge in [-0.15, -0.1) is 0 Å². The van der Waals surface area contributed by atoms with Crippen LogP contribution in [-0.4, -0.2) is 17.5 Å². The SMILES string of the molecule is CCCCC(=O)N/N=C(\C)CC(=O)Nc1c(C)cc(C)cc1C. The average molecular weight is 317 g/mol. The summed E-state index contributed by atoms with van der Waals surface area (Å²) in [6, 6.07) is 4.08. The zero-order valence-electron chi connectivity index (χ0n) is 14.7. The molecule has 0 aliphatic rings. The fourth-order valence-corrected chi connectivity index (χ4v) is 2.38. The van der Waals surface area contributed by atoms with Gasteiger partial charge in [0.1, 0.15) is 0 Å². The number of rotatable bonds is 7. The van der Waals surface area contributed by atoms with E-state index in [-0.39, 0.29) is 18.2 Å². The second kappa shape index (κ2) is 9.08. The average Bonchev–Trinajstić information content (AvgIpc) is 2.46. The lowest BCUT2D eigenvalue weighted by Crippen LogP contribution is -2.21. The summed E-state index contributed by atoms with van der Waals surface area (Å²) >= 11 is 0. The Bertz CT molecular complexity index is 583. The molecule has 23 heavy (non-hydrogen) atoms. The number of hydrazone groups is 1. The summed E-state index contributed by atoms with van der Waals surface area (Å²) in [5.74, 6) is -0.249. The van der Waals surface area contributed by atoms with Crippen LogP contribution in [0.3, 0.4) is 0 Å². The van der Waals surface area contributed by atoms with Crippen molar-refractivity contribution in [1.29, 1.82) is 0 Å². The molecule has 5 heteroatoms. The fourth-order valence-electron chi connectivity index (χ4n) is 2.38. The standard InChI is InChI=1S/C18H27N3O2/c1-6-7-8-16(22)21-20-15(5)11-17(23)19-18-13(3)9-12(2)10-14(18)4/h9-10H,6-8,11H2,1-5H3,(H,19,23)(H,21,22)/b20-15+. The number of benzene rings is 1. The van der Waals surface area contributed by atoms with E-state index >= 15 is 0 Å². The molecule has 0 atom stereocenters. The fraction of sp³-hybridized carbons (Fsp3) is 0.500. The summed E-state index contributed by atoms with van der Waals surface area (Å²) in [5.41, 5.74) is 7.16. The highest BCUT2D eigenvalue weighted by molar-refractivity contribution is 6.06. The van der Waals surface area contributed by atoms with Gasteiger partial charge < -0.3 is 5.32 Å². The van der Waals surface area contributed by atoms with Gasteiger partial charge in [0.2, 0.25) is 11.8 Å². The number of nitrogens with one attached hydrogen (secondary N) is 2. The third-order valence-electron chi connectivity index (χ3n) is 3.49. The van der Waals surface area contributed by atoms with Crippen LogP contribution in [0.15, 0.2) is 17.2 Å². The van der Waals surface area contributed by atoms with Crippen LogP contribution in [0.25, 0.3) is 0 Å². The first-order valence-electron chi connectivity index (χ1n) is 8.03. The zero-order chi connectivity index (χ0) is 17.4. The van der Waals surface area contributed by atoms with Gasteiger partial charge in [0.25, 0.3) is 0 Å². The number of aryl methyl sites for hydroxylation is 3. The van der Waals surface area contributed by atoms with E-state index in [2.05, 4.69) is 15.8 Å². The van der Waals surface area contributed by atoms with E-state index in [0.717, 1.165) is 29.7 Å². The van der Waals surface area contributed by atoms with Gasteiger partial charge in [-0.1, -0.05) is 31.0 Å². The first kappa shape index (κ1) is 18.9. The number of carbonyl (C=O) groups excluding carboxylic acids is 2. The van der Waals surface area contributed by atoms with Crippen molar-refractivity contribution in [2.45, 2.75) is 60.3 Å². The molecule has 1 aromatic rings. The Balaban J connectivity index is 2.58. The molecular weight excluding hydrogens is 290 g/mol. The molecule has 2 amide bonds. The normalized spacial score (nSPS) is 11.3. The molecular formula is C18H27N3O2. The van der Waals surface area contributed by atoms with E-state index in [0.29, 0.717) is 12.1 Å². The molecule has 0 aliphatic carbocycles. The third kappa shape index (κ3) is 6.63. The second-order valence-corrected chi connectivity index (χ2v) is 5.98. The van der Waals surface area contributed by atoms with Crippen LogP contribution < -0.4 is 10.7 Å². The smallest absolute Gasteiger partial charge is 0.240 e. The van der Waals surface area contributed by atoms with Gasteiger partial charge in [-0.25, -0.2) is 5.43 Å². The van der Waals surface area contributed by atoms with Crippen molar-refractivity contribution in [3.63, 3.8) is 0 Å². The first-order chi connectivity index (χ1) is 10.8. The molecule has 0 saturated carbocycles. The largest absolute Gasteiger partial charge is 0.325 e. The number of unbranched alkanes of at least 4 members (excludes halogenated alkanes) is 1. The number of hydrogen-bond donors (Lipinski definition) is 2. The van der Waals surface area contributed by atoms with Gasteiger partial charge in [0.15, 0.2) is 0 Å². The van der Waals surface area contributed by atoms with Gasteiger partial charge in [0.05, 0.1) is 6.42 Å². The maximum absolute atomic E-state index is 12.1. The highest BCUT2D eigenvalue weighted by Crippen LogP contribution is 2.22. The summed E-state index contributed by atoms with van der Waals surface area (Å²) < 4.78 is 0. The van der Waals surface area contributed by atoms with E-state index < -0.39 is 0 Å². The van der Waals surface area contributed by atoms with Crippen LogP contribution >= 0.6 is 0 Å². The van der Waals surface area contributed by atoms with E-state index in [1.165, 1.54) is 5.56 Å². The van der Waals surface area contributed by atoms with Crippen LogP contribution in [-0.2, 0) is 9.59 Å². The molecule has 2 N–H and O–H groups in total. The molecule has 0 fully saturated rings. The van der Waals surface area contributed by atoms with Crippen LogP contribution in [0.4, 0.5) is 5.69 Å². The number of nitrogens with zero attached hydrogens (tertiary/aromatic N) is 1. The van der Waals surface area contributed by atoms with Gasteiger partial charge in [-0.05, 0) is 45.2 Å². The maximum atomic E-state index is 12.1. The van der Waals surface area contributed by atoms with Crippen LogP contribution in [0, 0.1) is 20.8 Å². The first-order valence-corrected chi connectivity index (χ1v) is 8.03. The minimum Gasteiger partial charge on any atom is -0.325 e. The Morgan fingerprint density at radius 1 is 1.09 bits per heavy atom. The topological polar surface area (TPSA) is 70.6 Å². The predicted octanol–water partition coefficient (Wildman–Crippen LogP) is 3.62. The highest BCUT2D eigenvalue weighted by atomic mass is 16.2. The summed E-state index contributed by atoms with van der Waals surface area (Å²) in [7, 11) is 0. The lowest BCUT2D eigenvalue weighted by Gasteiger charge is -2.12. The number of hydrogen-bond acceptors (Lipinski definition) is 3. The number of amides is 2. The lowest BCUT2D eigenvalue weighted by atomic mass is 10.0. The minimum atomic E-state index is -0.135. The van der Waals surface area contributed by atoms with Gasteiger partial charge in [-0.2, -0.15) is 5.10 Å². The Kier molecular flexibility index (Phi) is 7.45. The lowest BCUT2D eigenvalue weighted by molar-refractivity contribution is -0.121. The summed E-state index contributed by atoms with van der Waals surface area (Å²) in [5, 5.41) is 6.90. The van der Waals surface area contributed by atoms with Crippen LogP contribution in [0.5, 0.6) is 0 Å². The molecule has 5 nitrogen and oxygen atoms in total.